The van der Waals surface area contributed by atoms with Gasteiger partial charge < -0.3 is 20.3 Å². The van der Waals surface area contributed by atoms with E-state index >= 15 is 0 Å². The van der Waals surface area contributed by atoms with Gasteiger partial charge in [-0.05, 0) is 61.9 Å². The second-order valence-corrected chi connectivity index (χ2v) is 10.1. The quantitative estimate of drug-likeness (QED) is 0.235. The van der Waals surface area contributed by atoms with Gasteiger partial charge in [-0.3, -0.25) is 19.4 Å². The van der Waals surface area contributed by atoms with E-state index in [2.05, 4.69) is 20.6 Å². The number of rotatable bonds is 10. The van der Waals surface area contributed by atoms with Crippen LogP contribution in [0.5, 0.6) is 5.75 Å². The number of nitrogens with zero attached hydrogens (tertiary/aromatic N) is 3. The zero-order chi connectivity index (χ0) is 30.2. The fourth-order valence-corrected chi connectivity index (χ4v) is 4.60. The lowest BCUT2D eigenvalue weighted by atomic mass is 10.1. The molecule has 0 aliphatic carbocycles. The Hall–Kier alpha value is -4.47. The average Bonchev–Trinajstić information content (AvgIpc) is 2.99. The lowest BCUT2D eigenvalue weighted by Crippen LogP contribution is -2.37. The van der Waals surface area contributed by atoms with Crippen molar-refractivity contribution >= 4 is 63.7 Å². The van der Waals surface area contributed by atoms with Crippen molar-refractivity contribution in [3.63, 3.8) is 0 Å². The highest BCUT2D eigenvalue weighted by molar-refractivity contribution is 6.38. The van der Waals surface area contributed by atoms with Crippen molar-refractivity contribution in [2.24, 2.45) is 0 Å². The molecule has 1 aromatic heterocycles. The largest absolute Gasteiger partial charge is 0.486 e. The highest BCUT2D eigenvalue weighted by atomic mass is 35.5. The first-order valence-corrected chi connectivity index (χ1v) is 13.9. The van der Waals surface area contributed by atoms with Crippen molar-refractivity contribution in [2.75, 3.05) is 25.0 Å². The molecule has 0 saturated heterocycles. The normalized spacial score (nSPS) is 11.0. The van der Waals surface area contributed by atoms with Crippen LogP contribution in [0.3, 0.4) is 0 Å². The summed E-state index contributed by atoms with van der Waals surface area (Å²) in [7, 11) is 1.56. The Balaban J connectivity index is 1.37. The maximum atomic E-state index is 12.9. The van der Waals surface area contributed by atoms with Crippen LogP contribution < -0.4 is 20.3 Å². The van der Waals surface area contributed by atoms with E-state index in [4.69, 9.17) is 27.9 Å². The van der Waals surface area contributed by atoms with Gasteiger partial charge in [0.1, 0.15) is 17.9 Å². The van der Waals surface area contributed by atoms with Crippen molar-refractivity contribution in [2.45, 2.75) is 20.5 Å². The minimum atomic E-state index is -0.450. The molecule has 0 spiro atoms. The monoisotopic (exact) mass is 605 g/mol. The summed E-state index contributed by atoms with van der Waals surface area (Å²) < 4.78 is 6.03. The number of hydrogen-bond donors (Lipinski definition) is 2. The third-order valence-corrected chi connectivity index (χ3v) is 7.06. The molecule has 3 aromatic carbocycles. The van der Waals surface area contributed by atoms with Crippen LogP contribution in [-0.2, 0) is 16.2 Å². The SMILES string of the molecule is CCNC(=O)c1ccc(C=CC(=O)NCC(=O)N(C)c2ccc(Cl)c(COc3cccc4ncc(C)nc34)c2Cl)cc1. The summed E-state index contributed by atoms with van der Waals surface area (Å²) >= 11 is 13.1. The number of ether oxygens (including phenoxy) is 1. The van der Waals surface area contributed by atoms with E-state index in [1.54, 1.807) is 61.8 Å². The fourth-order valence-electron chi connectivity index (χ4n) is 3.99. The van der Waals surface area contributed by atoms with Gasteiger partial charge in [-0.15, -0.1) is 0 Å². The first-order valence-electron chi connectivity index (χ1n) is 13.1. The molecule has 3 amide bonds. The standard InChI is InChI=1S/C31H29Cl2N5O4/c1-4-34-31(41)21-11-8-20(9-12-21)10-15-27(39)36-17-28(40)38(3)25-14-13-23(32)22(29(25)33)18-42-26-7-5-6-24-30(26)37-19(2)16-35-24/h5-16H,4,17-18H2,1-3H3,(H,34,41)(H,36,39). The van der Waals surface area contributed by atoms with Gasteiger partial charge in [0.25, 0.3) is 5.91 Å². The molecule has 0 bridgehead atoms. The Kier molecular flexibility index (Phi) is 10.1. The first kappa shape index (κ1) is 30.5. The van der Waals surface area contributed by atoms with Gasteiger partial charge in [0.05, 0.1) is 28.5 Å². The molecule has 216 valence electrons. The Morgan fingerprint density at radius 3 is 2.52 bits per heavy atom. The lowest BCUT2D eigenvalue weighted by Gasteiger charge is -2.21. The summed E-state index contributed by atoms with van der Waals surface area (Å²) in [5.74, 6) is -0.476. The van der Waals surface area contributed by atoms with Crippen LogP contribution in [-0.4, -0.2) is 47.8 Å². The number of nitrogens with one attached hydrogen (secondary N) is 2. The lowest BCUT2D eigenvalue weighted by molar-refractivity contribution is -0.122. The molecule has 0 fully saturated rings. The number of carbonyl (C=O) groups is 3. The highest BCUT2D eigenvalue weighted by Crippen LogP contribution is 2.35. The molecule has 4 aromatic rings. The minimum Gasteiger partial charge on any atom is -0.486 e. The topological polar surface area (TPSA) is 114 Å². The molecule has 11 heteroatoms. The molecule has 42 heavy (non-hydrogen) atoms. The fraction of sp³-hybridized carbons (Fsp3) is 0.194. The van der Waals surface area contributed by atoms with Gasteiger partial charge in [0.15, 0.2) is 0 Å². The van der Waals surface area contributed by atoms with E-state index in [0.29, 0.717) is 45.2 Å². The van der Waals surface area contributed by atoms with Crippen molar-refractivity contribution in [3.8, 4) is 5.75 Å². The molecule has 1 heterocycles. The maximum absolute atomic E-state index is 12.9. The number of aryl methyl sites for hydroxylation is 1. The van der Waals surface area contributed by atoms with Gasteiger partial charge in [0, 0.05) is 42.0 Å². The Bertz CT molecular complexity index is 1660. The van der Waals surface area contributed by atoms with Crippen molar-refractivity contribution < 1.29 is 19.1 Å². The number of para-hydroxylation sites is 1. The molecule has 4 rings (SSSR count). The number of aromatic nitrogens is 2. The van der Waals surface area contributed by atoms with E-state index < -0.39 is 5.91 Å². The molecule has 0 radical (unpaired) electrons. The van der Waals surface area contributed by atoms with Crippen LogP contribution in [0.25, 0.3) is 17.1 Å². The number of halogens is 2. The van der Waals surface area contributed by atoms with Crippen molar-refractivity contribution in [3.05, 3.63) is 99.3 Å². The molecule has 0 saturated carbocycles. The van der Waals surface area contributed by atoms with Crippen LogP contribution in [0.4, 0.5) is 5.69 Å². The van der Waals surface area contributed by atoms with Crippen LogP contribution >= 0.6 is 23.2 Å². The number of anilines is 1. The smallest absolute Gasteiger partial charge is 0.251 e. The summed E-state index contributed by atoms with van der Waals surface area (Å²) in [5, 5.41) is 5.93. The van der Waals surface area contributed by atoms with E-state index in [1.807, 2.05) is 26.0 Å². The van der Waals surface area contributed by atoms with Gasteiger partial charge in [0.2, 0.25) is 11.8 Å². The van der Waals surface area contributed by atoms with Gasteiger partial charge in [-0.2, -0.15) is 0 Å². The second-order valence-electron chi connectivity index (χ2n) is 9.27. The summed E-state index contributed by atoms with van der Waals surface area (Å²) in [4.78, 5) is 47.3. The Morgan fingerprint density at radius 1 is 1.02 bits per heavy atom. The van der Waals surface area contributed by atoms with Crippen LogP contribution in [0.1, 0.15) is 34.1 Å². The predicted molar refractivity (Wildman–Crippen MR) is 165 cm³/mol. The Morgan fingerprint density at radius 2 is 1.79 bits per heavy atom. The molecule has 9 nitrogen and oxygen atoms in total. The van der Waals surface area contributed by atoms with E-state index in [-0.39, 0.29) is 30.0 Å². The first-order chi connectivity index (χ1) is 20.2. The summed E-state index contributed by atoms with van der Waals surface area (Å²) in [6.07, 6.45) is 4.60. The number of amides is 3. The summed E-state index contributed by atoms with van der Waals surface area (Å²) in [5.41, 5.74) is 4.24. The molecular formula is C31H29Cl2N5O4. The zero-order valence-corrected chi connectivity index (χ0v) is 24.8. The molecule has 0 aliphatic heterocycles. The van der Waals surface area contributed by atoms with Gasteiger partial charge >= 0.3 is 0 Å². The Labute approximate surface area is 253 Å². The van der Waals surface area contributed by atoms with Crippen LogP contribution in [0.2, 0.25) is 10.0 Å². The van der Waals surface area contributed by atoms with Gasteiger partial charge in [-0.25, -0.2) is 4.98 Å². The average molecular weight is 607 g/mol. The second kappa shape index (κ2) is 13.9. The molecule has 0 aliphatic rings. The number of benzene rings is 3. The molecular weight excluding hydrogens is 577 g/mol. The van der Waals surface area contributed by atoms with Gasteiger partial charge in [-0.1, -0.05) is 41.4 Å². The number of hydrogen-bond acceptors (Lipinski definition) is 6. The van der Waals surface area contributed by atoms with Crippen LogP contribution in [0.15, 0.2) is 66.9 Å². The number of carbonyl (C=O) groups excluding carboxylic acids is 3. The highest BCUT2D eigenvalue weighted by Gasteiger charge is 2.19. The summed E-state index contributed by atoms with van der Waals surface area (Å²) in [6, 6.07) is 15.5. The minimum absolute atomic E-state index is 0.0358. The summed E-state index contributed by atoms with van der Waals surface area (Å²) in [6.45, 7) is 4.01. The third kappa shape index (κ3) is 7.43. The van der Waals surface area contributed by atoms with E-state index in [0.717, 1.165) is 11.3 Å². The number of fused-ring (bicyclic) bond motifs is 1. The van der Waals surface area contributed by atoms with E-state index in [1.165, 1.54) is 11.0 Å². The number of likely N-dealkylation sites (N-methyl/N-ethyl adjacent to an activating group) is 1. The predicted octanol–water partition coefficient (Wildman–Crippen LogP) is 5.37. The molecule has 0 unspecified atom stereocenters. The third-order valence-electron chi connectivity index (χ3n) is 6.28. The van der Waals surface area contributed by atoms with Crippen LogP contribution in [0, 0.1) is 6.92 Å². The molecule has 0 atom stereocenters. The molecule has 2 N–H and O–H groups in total. The van der Waals surface area contributed by atoms with E-state index in [9.17, 15) is 14.4 Å². The maximum Gasteiger partial charge on any atom is 0.251 e. The van der Waals surface area contributed by atoms with Crippen molar-refractivity contribution in [1.29, 1.82) is 0 Å². The zero-order valence-electron chi connectivity index (χ0n) is 23.3. The van der Waals surface area contributed by atoms with Crippen molar-refractivity contribution in [1.82, 2.24) is 20.6 Å².